The lowest BCUT2D eigenvalue weighted by molar-refractivity contribution is 0.446. The molecule has 0 bridgehead atoms. The predicted octanol–water partition coefficient (Wildman–Crippen LogP) is 2.22. The van der Waals surface area contributed by atoms with Gasteiger partial charge in [0.2, 0.25) is 0 Å². The summed E-state index contributed by atoms with van der Waals surface area (Å²) in [7, 11) is 0. The number of nitrogens with zero attached hydrogens (tertiary/aromatic N) is 1. The topological polar surface area (TPSA) is 52.0 Å². The summed E-state index contributed by atoms with van der Waals surface area (Å²) in [5, 5.41) is 0. The summed E-state index contributed by atoms with van der Waals surface area (Å²) < 4.78 is 44.0. The number of halogens is 3. The van der Waals surface area contributed by atoms with E-state index in [2.05, 4.69) is 4.98 Å². The Morgan fingerprint density at radius 1 is 1.19 bits per heavy atom. The molecule has 6 heteroatoms. The summed E-state index contributed by atoms with van der Waals surface area (Å²) in [4.78, 5) is 3.73. The summed E-state index contributed by atoms with van der Waals surface area (Å²) in [6.07, 6.45) is 1.07. The van der Waals surface area contributed by atoms with Gasteiger partial charge in [-0.25, -0.2) is 18.2 Å². The SMILES string of the molecule is NCc1ncoc1-c1ccc(F)c(F)c1F. The molecule has 0 fully saturated rings. The zero-order valence-electron chi connectivity index (χ0n) is 8.01. The molecule has 2 rings (SSSR count). The molecular formula is C10H7F3N2O. The van der Waals surface area contributed by atoms with E-state index in [1.807, 2.05) is 0 Å². The van der Waals surface area contributed by atoms with E-state index in [-0.39, 0.29) is 23.6 Å². The first kappa shape index (κ1) is 10.7. The molecule has 0 aliphatic rings. The van der Waals surface area contributed by atoms with Gasteiger partial charge in [0.05, 0.1) is 5.56 Å². The minimum absolute atomic E-state index is 0.0129. The summed E-state index contributed by atoms with van der Waals surface area (Å²) in [6.45, 7) is 0.0181. The molecule has 1 heterocycles. The van der Waals surface area contributed by atoms with Crippen molar-refractivity contribution in [3.05, 3.63) is 41.7 Å². The molecule has 0 aliphatic heterocycles. The lowest BCUT2D eigenvalue weighted by Crippen LogP contribution is -2.00. The standard InChI is InChI=1S/C10H7F3N2O/c11-6-2-1-5(8(12)9(6)13)10-7(3-14)15-4-16-10/h1-2,4H,3,14H2. The minimum Gasteiger partial charge on any atom is -0.443 e. The van der Waals surface area contributed by atoms with E-state index < -0.39 is 17.5 Å². The van der Waals surface area contributed by atoms with Crippen molar-refractivity contribution >= 4 is 0 Å². The van der Waals surface area contributed by atoms with Gasteiger partial charge in [0, 0.05) is 6.54 Å². The monoisotopic (exact) mass is 228 g/mol. The van der Waals surface area contributed by atoms with E-state index in [4.69, 9.17) is 10.2 Å². The van der Waals surface area contributed by atoms with Crippen LogP contribution >= 0.6 is 0 Å². The molecule has 0 atom stereocenters. The first-order valence-corrected chi connectivity index (χ1v) is 4.41. The normalized spacial score (nSPS) is 10.8. The van der Waals surface area contributed by atoms with E-state index in [0.717, 1.165) is 18.5 Å². The highest BCUT2D eigenvalue weighted by Gasteiger charge is 2.19. The smallest absolute Gasteiger partial charge is 0.195 e. The average Bonchev–Trinajstić information content (AvgIpc) is 2.74. The Kier molecular flexibility index (Phi) is 2.66. The number of aromatic nitrogens is 1. The maximum Gasteiger partial charge on any atom is 0.195 e. The second-order valence-corrected chi connectivity index (χ2v) is 3.06. The molecule has 0 aliphatic carbocycles. The van der Waals surface area contributed by atoms with Crippen LogP contribution in [-0.4, -0.2) is 4.98 Å². The number of rotatable bonds is 2. The van der Waals surface area contributed by atoms with Crippen LogP contribution in [0.2, 0.25) is 0 Å². The van der Waals surface area contributed by atoms with Gasteiger partial charge in [-0.3, -0.25) is 0 Å². The van der Waals surface area contributed by atoms with Crippen molar-refractivity contribution in [1.29, 1.82) is 0 Å². The van der Waals surface area contributed by atoms with Crippen LogP contribution in [0.5, 0.6) is 0 Å². The molecular weight excluding hydrogens is 221 g/mol. The Hall–Kier alpha value is -1.82. The van der Waals surface area contributed by atoms with Crippen molar-refractivity contribution in [2.24, 2.45) is 5.73 Å². The first-order chi connectivity index (χ1) is 7.65. The van der Waals surface area contributed by atoms with Crippen LogP contribution in [0.1, 0.15) is 5.69 Å². The van der Waals surface area contributed by atoms with Crippen LogP contribution in [0.4, 0.5) is 13.2 Å². The molecule has 3 nitrogen and oxygen atoms in total. The fraction of sp³-hybridized carbons (Fsp3) is 0.100. The van der Waals surface area contributed by atoms with E-state index in [0.29, 0.717) is 0 Å². The summed E-state index contributed by atoms with van der Waals surface area (Å²) >= 11 is 0. The van der Waals surface area contributed by atoms with Gasteiger partial charge in [-0.1, -0.05) is 0 Å². The number of oxazole rings is 1. The molecule has 1 aromatic heterocycles. The highest BCUT2D eigenvalue weighted by atomic mass is 19.2. The van der Waals surface area contributed by atoms with Crippen molar-refractivity contribution < 1.29 is 17.6 Å². The molecule has 2 aromatic rings. The van der Waals surface area contributed by atoms with E-state index in [9.17, 15) is 13.2 Å². The van der Waals surface area contributed by atoms with E-state index >= 15 is 0 Å². The zero-order chi connectivity index (χ0) is 11.7. The van der Waals surface area contributed by atoms with Gasteiger partial charge in [0.25, 0.3) is 0 Å². The Bertz CT molecular complexity index is 525. The van der Waals surface area contributed by atoms with Crippen LogP contribution in [-0.2, 0) is 6.54 Å². The largest absolute Gasteiger partial charge is 0.443 e. The van der Waals surface area contributed by atoms with Crippen molar-refractivity contribution in [2.45, 2.75) is 6.54 Å². The Labute approximate surface area is 88.7 Å². The lowest BCUT2D eigenvalue weighted by atomic mass is 10.1. The van der Waals surface area contributed by atoms with Crippen LogP contribution in [0.15, 0.2) is 22.9 Å². The molecule has 0 saturated heterocycles. The summed E-state index contributed by atoms with van der Waals surface area (Å²) in [6, 6.07) is 1.89. The van der Waals surface area contributed by atoms with Gasteiger partial charge in [-0.05, 0) is 12.1 Å². The Morgan fingerprint density at radius 2 is 1.94 bits per heavy atom. The van der Waals surface area contributed by atoms with Gasteiger partial charge < -0.3 is 10.2 Å². The fourth-order valence-corrected chi connectivity index (χ4v) is 1.33. The van der Waals surface area contributed by atoms with Crippen LogP contribution in [0.3, 0.4) is 0 Å². The van der Waals surface area contributed by atoms with Crippen LogP contribution in [0, 0.1) is 17.5 Å². The summed E-state index contributed by atoms with van der Waals surface area (Å²) in [5.41, 5.74) is 5.42. The van der Waals surface area contributed by atoms with Gasteiger partial charge >= 0.3 is 0 Å². The minimum atomic E-state index is -1.54. The molecule has 84 valence electrons. The van der Waals surface area contributed by atoms with Gasteiger partial charge in [0.15, 0.2) is 29.6 Å². The maximum absolute atomic E-state index is 13.4. The van der Waals surface area contributed by atoms with Crippen molar-refractivity contribution in [1.82, 2.24) is 4.98 Å². The number of nitrogens with two attached hydrogens (primary N) is 1. The van der Waals surface area contributed by atoms with Crippen molar-refractivity contribution in [3.63, 3.8) is 0 Å². The molecule has 16 heavy (non-hydrogen) atoms. The van der Waals surface area contributed by atoms with Gasteiger partial charge in [-0.15, -0.1) is 0 Å². The van der Waals surface area contributed by atoms with E-state index in [1.165, 1.54) is 0 Å². The third-order valence-electron chi connectivity index (χ3n) is 2.11. The molecule has 1 aromatic carbocycles. The quantitative estimate of drug-likeness (QED) is 0.802. The lowest BCUT2D eigenvalue weighted by Gasteiger charge is -2.02. The first-order valence-electron chi connectivity index (χ1n) is 4.41. The second-order valence-electron chi connectivity index (χ2n) is 3.06. The molecule has 0 amide bonds. The molecule has 0 radical (unpaired) electrons. The highest BCUT2D eigenvalue weighted by molar-refractivity contribution is 5.60. The van der Waals surface area contributed by atoms with Crippen molar-refractivity contribution in [2.75, 3.05) is 0 Å². The number of benzene rings is 1. The average molecular weight is 228 g/mol. The van der Waals surface area contributed by atoms with Crippen molar-refractivity contribution in [3.8, 4) is 11.3 Å². The third kappa shape index (κ3) is 1.57. The molecule has 2 N–H and O–H groups in total. The Morgan fingerprint density at radius 3 is 2.62 bits per heavy atom. The zero-order valence-corrected chi connectivity index (χ0v) is 8.01. The fourth-order valence-electron chi connectivity index (χ4n) is 1.33. The van der Waals surface area contributed by atoms with Crippen LogP contribution in [0.25, 0.3) is 11.3 Å². The number of hydrogen-bond donors (Lipinski definition) is 1. The van der Waals surface area contributed by atoms with E-state index in [1.54, 1.807) is 0 Å². The molecule has 0 saturated carbocycles. The van der Waals surface area contributed by atoms with Crippen LogP contribution < -0.4 is 5.73 Å². The predicted molar refractivity (Wildman–Crippen MR) is 49.7 cm³/mol. The molecule has 0 unspecified atom stereocenters. The Balaban J connectivity index is 2.61. The summed E-state index contributed by atoms with van der Waals surface area (Å²) in [5.74, 6) is -4.10. The van der Waals surface area contributed by atoms with Gasteiger partial charge in [-0.2, -0.15) is 0 Å². The van der Waals surface area contributed by atoms with Gasteiger partial charge in [0.1, 0.15) is 5.69 Å². The maximum atomic E-state index is 13.4. The molecule has 0 spiro atoms. The third-order valence-corrected chi connectivity index (χ3v) is 2.11. The number of hydrogen-bond acceptors (Lipinski definition) is 3. The highest BCUT2D eigenvalue weighted by Crippen LogP contribution is 2.28. The second kappa shape index (κ2) is 3.97.